The van der Waals surface area contributed by atoms with Crippen LogP contribution in [0.1, 0.15) is 5.56 Å². The number of halogens is 2. The Kier molecular flexibility index (Phi) is 6.71. The topological polar surface area (TPSA) is 118 Å². The molecular weight excluding hydrogens is 485 g/mol. The van der Waals surface area contributed by atoms with Gasteiger partial charge >= 0.3 is 5.97 Å². The van der Waals surface area contributed by atoms with Crippen molar-refractivity contribution in [3.8, 4) is 11.4 Å². The van der Waals surface area contributed by atoms with Crippen molar-refractivity contribution in [1.82, 2.24) is 19.9 Å². The molecule has 0 radical (unpaired) electrons. The number of benzene rings is 2. The van der Waals surface area contributed by atoms with Crippen molar-refractivity contribution in [3.63, 3.8) is 0 Å². The first-order valence-electron chi connectivity index (χ1n) is 10.1. The quantitative estimate of drug-likeness (QED) is 0.525. The van der Waals surface area contributed by atoms with E-state index in [1.54, 1.807) is 36.4 Å². The number of carbonyl (C=O) groups is 3. The maximum absolute atomic E-state index is 13.1. The van der Waals surface area contributed by atoms with Gasteiger partial charge < -0.3 is 14.7 Å². The molecule has 1 saturated heterocycles. The number of carbonyl (C=O) groups excluding carboxylic acids is 2. The Morgan fingerprint density at radius 2 is 1.82 bits per heavy atom. The number of hydrogen-bond acceptors (Lipinski definition) is 6. The third-order valence-corrected chi connectivity index (χ3v) is 5.82. The number of ether oxygens (including phenoxy) is 1. The fourth-order valence-corrected chi connectivity index (χ4v) is 4.01. The molecule has 0 aliphatic carbocycles. The first-order valence-corrected chi connectivity index (χ1v) is 10.9. The number of piperazine rings is 1. The van der Waals surface area contributed by atoms with Crippen molar-refractivity contribution < 1.29 is 24.2 Å². The second-order valence-electron chi connectivity index (χ2n) is 7.53. The predicted octanol–water partition coefficient (Wildman–Crippen LogP) is 2.45. The molecule has 1 fully saturated rings. The van der Waals surface area contributed by atoms with E-state index in [0.717, 1.165) is 4.90 Å². The minimum Gasteiger partial charge on any atom is -0.497 e. The highest BCUT2D eigenvalue weighted by Gasteiger charge is 2.38. The van der Waals surface area contributed by atoms with Gasteiger partial charge in [0, 0.05) is 11.4 Å². The molecule has 34 heavy (non-hydrogen) atoms. The van der Waals surface area contributed by atoms with Crippen molar-refractivity contribution in [3.05, 3.63) is 64.4 Å². The number of anilines is 1. The summed E-state index contributed by atoms with van der Waals surface area (Å²) in [7, 11) is 1.53. The van der Waals surface area contributed by atoms with Crippen molar-refractivity contribution in [1.29, 1.82) is 0 Å². The van der Waals surface area contributed by atoms with E-state index in [1.165, 1.54) is 29.0 Å². The summed E-state index contributed by atoms with van der Waals surface area (Å²) in [5, 5.41) is 18.0. The molecule has 0 spiro atoms. The zero-order valence-electron chi connectivity index (χ0n) is 17.9. The van der Waals surface area contributed by atoms with Crippen molar-refractivity contribution >= 4 is 46.7 Å². The van der Waals surface area contributed by atoms with Crippen molar-refractivity contribution in [2.24, 2.45) is 0 Å². The Morgan fingerprint density at radius 1 is 1.09 bits per heavy atom. The maximum atomic E-state index is 13.1. The zero-order chi connectivity index (χ0) is 24.4. The second kappa shape index (κ2) is 9.70. The molecule has 1 N–H and O–H groups in total. The number of carboxylic acids is 1. The smallest absolute Gasteiger partial charge is 0.326 e. The highest BCUT2D eigenvalue weighted by atomic mass is 35.5. The Bertz CT molecular complexity index is 1250. The molecule has 4 rings (SSSR count). The summed E-state index contributed by atoms with van der Waals surface area (Å²) in [5.74, 6) is -1.55. The van der Waals surface area contributed by atoms with Crippen LogP contribution in [0.2, 0.25) is 10.2 Å². The third-order valence-electron chi connectivity index (χ3n) is 5.41. The molecule has 1 aromatic heterocycles. The van der Waals surface area contributed by atoms with Crippen LogP contribution < -0.4 is 9.64 Å². The molecule has 2 heterocycles. The van der Waals surface area contributed by atoms with Crippen molar-refractivity contribution in [2.45, 2.75) is 12.5 Å². The van der Waals surface area contributed by atoms with Gasteiger partial charge in [-0.1, -0.05) is 40.5 Å². The summed E-state index contributed by atoms with van der Waals surface area (Å²) in [4.78, 5) is 40.5. The van der Waals surface area contributed by atoms with Crippen molar-refractivity contribution in [2.75, 3.05) is 25.1 Å². The normalized spacial score (nSPS) is 14.9. The van der Waals surface area contributed by atoms with Gasteiger partial charge in [0.1, 0.15) is 24.9 Å². The zero-order valence-corrected chi connectivity index (χ0v) is 19.4. The molecule has 0 saturated carbocycles. The average Bonchev–Trinajstić information content (AvgIpc) is 3.25. The SMILES string of the molecule is COc1ccc(CC(C(=O)O)N2CC(=O)N(c3cc(Cl)ccc3-n3cc(Cl)nn3)CC2=O)cc1. The van der Waals surface area contributed by atoms with Crippen LogP contribution in [0.15, 0.2) is 48.7 Å². The molecule has 12 heteroatoms. The number of aliphatic carboxylic acids is 1. The average molecular weight is 504 g/mol. The number of methoxy groups -OCH3 is 1. The summed E-state index contributed by atoms with van der Waals surface area (Å²) < 4.78 is 6.48. The minimum absolute atomic E-state index is 0.0399. The molecule has 1 aliphatic heterocycles. The Morgan fingerprint density at radius 3 is 2.44 bits per heavy atom. The van der Waals surface area contributed by atoms with Crippen LogP contribution in [0.3, 0.4) is 0 Å². The van der Waals surface area contributed by atoms with Gasteiger partial charge in [0.05, 0.1) is 24.7 Å². The van der Waals surface area contributed by atoms with Crippen LogP contribution in [0.25, 0.3) is 5.69 Å². The molecule has 1 atom stereocenters. The molecule has 10 nitrogen and oxygen atoms in total. The number of aromatic nitrogens is 3. The number of nitrogens with zero attached hydrogens (tertiary/aromatic N) is 5. The van der Waals surface area contributed by atoms with Gasteiger partial charge in [0.15, 0.2) is 5.15 Å². The van der Waals surface area contributed by atoms with E-state index in [-0.39, 0.29) is 18.1 Å². The highest BCUT2D eigenvalue weighted by Crippen LogP contribution is 2.30. The molecule has 3 aromatic rings. The Balaban J connectivity index is 1.59. The van der Waals surface area contributed by atoms with E-state index in [2.05, 4.69) is 10.3 Å². The molecule has 2 amide bonds. The molecule has 2 aromatic carbocycles. The van der Waals surface area contributed by atoms with E-state index in [9.17, 15) is 19.5 Å². The lowest BCUT2D eigenvalue weighted by molar-refractivity contribution is -0.152. The molecule has 176 valence electrons. The maximum Gasteiger partial charge on any atom is 0.326 e. The van der Waals surface area contributed by atoms with E-state index in [0.29, 0.717) is 27.7 Å². The second-order valence-corrected chi connectivity index (χ2v) is 8.35. The fraction of sp³-hybridized carbons (Fsp3) is 0.227. The van der Waals surface area contributed by atoms with Crippen LogP contribution >= 0.6 is 23.2 Å². The van der Waals surface area contributed by atoms with Gasteiger partial charge in [0.25, 0.3) is 0 Å². The molecule has 1 aliphatic rings. The number of carboxylic acid groups (broad SMARTS) is 1. The molecule has 1 unspecified atom stereocenters. The lowest BCUT2D eigenvalue weighted by Crippen LogP contribution is -2.59. The van der Waals surface area contributed by atoms with Crippen LogP contribution in [-0.2, 0) is 20.8 Å². The lowest BCUT2D eigenvalue weighted by Gasteiger charge is -2.37. The summed E-state index contributed by atoms with van der Waals surface area (Å²) in [6.07, 6.45) is 1.49. The van der Waals surface area contributed by atoms with Crippen LogP contribution in [0.4, 0.5) is 5.69 Å². The van der Waals surface area contributed by atoms with Crippen LogP contribution in [-0.4, -0.2) is 69.0 Å². The predicted molar refractivity (Wildman–Crippen MR) is 124 cm³/mol. The van der Waals surface area contributed by atoms with Gasteiger partial charge in [-0.25, -0.2) is 9.48 Å². The molecule has 0 bridgehead atoms. The number of rotatable bonds is 7. The summed E-state index contributed by atoms with van der Waals surface area (Å²) in [6, 6.07) is 10.4. The summed E-state index contributed by atoms with van der Waals surface area (Å²) in [6.45, 7) is -0.767. The van der Waals surface area contributed by atoms with Crippen LogP contribution in [0, 0.1) is 0 Å². The first kappa shape index (κ1) is 23.5. The standard InChI is InChI=1S/C22H19Cl2N5O5/c1-34-15-5-2-13(3-6-15)8-18(22(32)33)28-12-20(30)27(11-21(28)31)17-9-14(23)4-7-16(17)29-10-19(24)25-26-29/h2-7,9-10,18H,8,11-12H2,1H3,(H,32,33). The fourth-order valence-electron chi connectivity index (χ4n) is 3.72. The monoisotopic (exact) mass is 503 g/mol. The third kappa shape index (κ3) is 4.82. The Labute approximate surface area is 204 Å². The van der Waals surface area contributed by atoms with Gasteiger partial charge in [-0.15, -0.1) is 5.10 Å². The highest BCUT2D eigenvalue weighted by molar-refractivity contribution is 6.31. The van der Waals surface area contributed by atoms with E-state index in [1.807, 2.05) is 0 Å². The van der Waals surface area contributed by atoms with Gasteiger partial charge in [-0.05, 0) is 35.9 Å². The summed E-state index contributed by atoms with van der Waals surface area (Å²) >= 11 is 12.0. The van der Waals surface area contributed by atoms with E-state index >= 15 is 0 Å². The number of hydrogen-bond donors (Lipinski definition) is 1. The minimum atomic E-state index is -1.21. The lowest BCUT2D eigenvalue weighted by atomic mass is 10.0. The van der Waals surface area contributed by atoms with Gasteiger partial charge in [0.2, 0.25) is 11.8 Å². The molecular formula is C22H19Cl2N5O5. The van der Waals surface area contributed by atoms with E-state index < -0.39 is 30.4 Å². The first-order chi connectivity index (χ1) is 16.3. The van der Waals surface area contributed by atoms with Crippen LogP contribution in [0.5, 0.6) is 5.75 Å². The summed E-state index contributed by atoms with van der Waals surface area (Å²) in [5.41, 5.74) is 1.46. The van der Waals surface area contributed by atoms with Gasteiger partial charge in [-0.3, -0.25) is 14.5 Å². The van der Waals surface area contributed by atoms with Gasteiger partial charge in [-0.2, -0.15) is 0 Å². The Hall–Kier alpha value is -3.63. The number of amides is 2. The van der Waals surface area contributed by atoms with E-state index in [4.69, 9.17) is 27.9 Å². The largest absolute Gasteiger partial charge is 0.497 e.